The summed E-state index contributed by atoms with van der Waals surface area (Å²) >= 11 is 0. The lowest BCUT2D eigenvalue weighted by atomic mass is 10.1. The van der Waals surface area contributed by atoms with Gasteiger partial charge in [0.2, 0.25) is 0 Å². The minimum Gasteiger partial charge on any atom is -0.367 e. The first kappa shape index (κ1) is 15.1. The summed E-state index contributed by atoms with van der Waals surface area (Å²) in [5.41, 5.74) is 1.23. The predicted octanol–water partition coefficient (Wildman–Crippen LogP) is 2.29. The number of hydrogen-bond acceptors (Lipinski definition) is 5. The Kier molecular flexibility index (Phi) is 4.80. The summed E-state index contributed by atoms with van der Waals surface area (Å²) in [6.45, 7) is 6.77. The summed E-state index contributed by atoms with van der Waals surface area (Å²) in [7, 11) is 0. The molecular formula is C16H23N5O. The van der Waals surface area contributed by atoms with Crippen molar-refractivity contribution in [3.8, 4) is 0 Å². The van der Waals surface area contributed by atoms with Crippen molar-refractivity contribution in [2.75, 3.05) is 19.7 Å². The number of ether oxygens (including phenoxy) is 1. The van der Waals surface area contributed by atoms with E-state index in [4.69, 9.17) is 4.74 Å². The van der Waals surface area contributed by atoms with Crippen molar-refractivity contribution < 1.29 is 4.74 Å². The van der Waals surface area contributed by atoms with Crippen molar-refractivity contribution in [3.05, 3.63) is 41.7 Å². The number of nitrogens with zero attached hydrogens (tertiary/aromatic N) is 4. The van der Waals surface area contributed by atoms with Crippen molar-refractivity contribution in [1.82, 2.24) is 25.1 Å². The first-order valence-corrected chi connectivity index (χ1v) is 7.94. The van der Waals surface area contributed by atoms with E-state index in [1.165, 1.54) is 5.56 Å². The maximum atomic E-state index is 5.87. The monoisotopic (exact) mass is 301 g/mol. The molecule has 0 saturated carbocycles. The molecule has 0 amide bonds. The minimum atomic E-state index is -0.0604. The molecule has 0 spiro atoms. The summed E-state index contributed by atoms with van der Waals surface area (Å²) in [5, 5.41) is 7.33. The van der Waals surface area contributed by atoms with Crippen LogP contribution in [0.25, 0.3) is 0 Å². The van der Waals surface area contributed by atoms with E-state index in [1.807, 2.05) is 12.3 Å². The van der Waals surface area contributed by atoms with Gasteiger partial charge >= 0.3 is 0 Å². The van der Waals surface area contributed by atoms with Crippen LogP contribution in [0, 0.1) is 0 Å². The second kappa shape index (κ2) is 6.98. The topological polar surface area (TPSA) is 66.9 Å². The molecule has 6 nitrogen and oxygen atoms in total. The molecule has 1 aliphatic rings. The van der Waals surface area contributed by atoms with Gasteiger partial charge in [-0.1, -0.05) is 13.0 Å². The largest absolute Gasteiger partial charge is 0.367 e. The SMILES string of the molecule is CCCc1nc([C@H]2CN([C@H](C)c3cccnc3)CCO2)n[nH]1. The van der Waals surface area contributed by atoms with Crippen molar-refractivity contribution >= 4 is 0 Å². The van der Waals surface area contributed by atoms with E-state index in [9.17, 15) is 0 Å². The quantitative estimate of drug-likeness (QED) is 0.917. The second-order valence-corrected chi connectivity index (χ2v) is 5.71. The molecule has 22 heavy (non-hydrogen) atoms. The van der Waals surface area contributed by atoms with Crippen LogP contribution in [0.15, 0.2) is 24.5 Å². The van der Waals surface area contributed by atoms with Gasteiger partial charge in [-0.05, 0) is 25.0 Å². The number of rotatable bonds is 5. The Bertz CT molecular complexity index is 585. The smallest absolute Gasteiger partial charge is 0.180 e. The van der Waals surface area contributed by atoms with Gasteiger partial charge in [0, 0.05) is 37.9 Å². The molecule has 6 heteroatoms. The minimum absolute atomic E-state index is 0.0604. The molecule has 0 aliphatic carbocycles. The van der Waals surface area contributed by atoms with Gasteiger partial charge in [-0.25, -0.2) is 4.98 Å². The standard InChI is InChI=1S/C16H23N5O/c1-3-5-15-18-16(20-19-15)14-11-21(8-9-22-14)12(2)13-6-4-7-17-10-13/h4,6-7,10,12,14H,3,5,8-9,11H2,1-2H3,(H,18,19,20)/t12-,14-/m1/s1. The maximum absolute atomic E-state index is 5.87. The average molecular weight is 301 g/mol. The van der Waals surface area contributed by atoms with Crippen LogP contribution < -0.4 is 0 Å². The number of aryl methyl sites for hydroxylation is 1. The highest BCUT2D eigenvalue weighted by molar-refractivity contribution is 5.13. The molecule has 1 fully saturated rings. The Morgan fingerprint density at radius 3 is 3.18 bits per heavy atom. The summed E-state index contributed by atoms with van der Waals surface area (Å²) < 4.78 is 5.87. The van der Waals surface area contributed by atoms with E-state index >= 15 is 0 Å². The highest BCUT2D eigenvalue weighted by Crippen LogP contribution is 2.26. The fourth-order valence-electron chi connectivity index (χ4n) is 2.81. The van der Waals surface area contributed by atoms with Gasteiger partial charge < -0.3 is 4.74 Å². The van der Waals surface area contributed by atoms with Crippen molar-refractivity contribution in [2.24, 2.45) is 0 Å². The number of H-pyrrole nitrogens is 1. The molecule has 1 aliphatic heterocycles. The van der Waals surface area contributed by atoms with Crippen LogP contribution in [0.2, 0.25) is 0 Å². The van der Waals surface area contributed by atoms with E-state index in [2.05, 4.69) is 45.0 Å². The third-order valence-electron chi connectivity index (χ3n) is 4.14. The summed E-state index contributed by atoms with van der Waals surface area (Å²) in [6, 6.07) is 4.42. The van der Waals surface area contributed by atoms with Crippen LogP contribution in [0.4, 0.5) is 0 Å². The van der Waals surface area contributed by atoms with Gasteiger partial charge in [-0.15, -0.1) is 0 Å². The van der Waals surface area contributed by atoms with Crippen LogP contribution in [-0.2, 0) is 11.2 Å². The van der Waals surface area contributed by atoms with Gasteiger partial charge in [0.25, 0.3) is 0 Å². The summed E-state index contributed by atoms with van der Waals surface area (Å²) in [4.78, 5) is 11.2. The number of aromatic nitrogens is 4. The average Bonchev–Trinajstić information content (AvgIpc) is 3.04. The predicted molar refractivity (Wildman–Crippen MR) is 83.3 cm³/mol. The highest BCUT2D eigenvalue weighted by atomic mass is 16.5. The van der Waals surface area contributed by atoms with Gasteiger partial charge in [0.15, 0.2) is 5.82 Å². The van der Waals surface area contributed by atoms with Crippen molar-refractivity contribution in [3.63, 3.8) is 0 Å². The fourth-order valence-corrected chi connectivity index (χ4v) is 2.81. The Morgan fingerprint density at radius 2 is 2.41 bits per heavy atom. The maximum Gasteiger partial charge on any atom is 0.180 e. The lowest BCUT2D eigenvalue weighted by Crippen LogP contribution is -2.40. The lowest BCUT2D eigenvalue weighted by Gasteiger charge is -2.35. The van der Waals surface area contributed by atoms with Crippen LogP contribution in [0.3, 0.4) is 0 Å². The Morgan fingerprint density at radius 1 is 1.50 bits per heavy atom. The number of hydrogen-bond donors (Lipinski definition) is 1. The molecule has 3 heterocycles. The molecule has 3 rings (SSSR count). The van der Waals surface area contributed by atoms with Gasteiger partial charge in [0.05, 0.1) is 6.61 Å². The fraction of sp³-hybridized carbons (Fsp3) is 0.562. The zero-order valence-electron chi connectivity index (χ0n) is 13.2. The molecule has 1 saturated heterocycles. The third kappa shape index (κ3) is 3.34. The zero-order valence-corrected chi connectivity index (χ0v) is 13.2. The van der Waals surface area contributed by atoms with Gasteiger partial charge in [-0.3, -0.25) is 15.0 Å². The number of nitrogens with one attached hydrogen (secondary N) is 1. The lowest BCUT2D eigenvalue weighted by molar-refractivity contribution is -0.0470. The van der Waals surface area contributed by atoms with Crippen molar-refractivity contribution in [2.45, 2.75) is 38.8 Å². The first-order chi connectivity index (χ1) is 10.8. The molecule has 2 atom stereocenters. The van der Waals surface area contributed by atoms with E-state index in [-0.39, 0.29) is 6.10 Å². The van der Waals surface area contributed by atoms with Crippen LogP contribution in [0.5, 0.6) is 0 Å². The van der Waals surface area contributed by atoms with Crippen molar-refractivity contribution in [1.29, 1.82) is 0 Å². The van der Waals surface area contributed by atoms with Gasteiger partial charge in [-0.2, -0.15) is 5.10 Å². The van der Waals surface area contributed by atoms with E-state index in [1.54, 1.807) is 6.20 Å². The Hall–Kier alpha value is -1.79. The summed E-state index contributed by atoms with van der Waals surface area (Å²) in [5.74, 6) is 1.71. The highest BCUT2D eigenvalue weighted by Gasteiger charge is 2.28. The first-order valence-electron chi connectivity index (χ1n) is 7.94. The van der Waals surface area contributed by atoms with Gasteiger partial charge in [0.1, 0.15) is 11.9 Å². The number of pyridine rings is 1. The van der Waals surface area contributed by atoms with Crippen LogP contribution >= 0.6 is 0 Å². The number of aromatic amines is 1. The Balaban J connectivity index is 1.68. The third-order valence-corrected chi connectivity index (χ3v) is 4.14. The zero-order chi connectivity index (χ0) is 15.4. The van der Waals surface area contributed by atoms with E-state index in [0.717, 1.165) is 37.6 Å². The second-order valence-electron chi connectivity index (χ2n) is 5.71. The molecule has 1 N–H and O–H groups in total. The molecule has 0 unspecified atom stereocenters. The number of morpholine rings is 1. The van der Waals surface area contributed by atoms with E-state index < -0.39 is 0 Å². The molecule has 0 aromatic carbocycles. The molecule has 2 aromatic rings. The molecule has 0 bridgehead atoms. The van der Waals surface area contributed by atoms with Crippen LogP contribution in [-0.4, -0.2) is 44.8 Å². The molecule has 2 aromatic heterocycles. The molecule has 118 valence electrons. The Labute approximate surface area is 130 Å². The normalized spacial score (nSPS) is 20.9. The molecular weight excluding hydrogens is 278 g/mol. The van der Waals surface area contributed by atoms with E-state index in [0.29, 0.717) is 12.6 Å². The van der Waals surface area contributed by atoms with Crippen LogP contribution in [0.1, 0.15) is 49.6 Å². The molecule has 0 radical (unpaired) electrons. The summed E-state index contributed by atoms with van der Waals surface area (Å²) in [6.07, 6.45) is 5.66.